The summed E-state index contributed by atoms with van der Waals surface area (Å²) < 4.78 is 6.47. The van der Waals surface area contributed by atoms with Gasteiger partial charge < -0.3 is 24.8 Å². The Bertz CT molecular complexity index is 1470. The second-order valence-electron chi connectivity index (χ2n) is 10.2. The molecule has 0 fully saturated rings. The van der Waals surface area contributed by atoms with Gasteiger partial charge in [0.05, 0.1) is 11.7 Å². The van der Waals surface area contributed by atoms with E-state index in [1.54, 1.807) is 13.8 Å². The fraction of sp³-hybridized carbons (Fsp3) is 0.400. The highest BCUT2D eigenvalue weighted by atomic mass is 16.4. The minimum atomic E-state index is -0.951. The molecule has 0 radical (unpaired) electrons. The van der Waals surface area contributed by atoms with Gasteiger partial charge in [-0.2, -0.15) is 0 Å². The minimum absolute atomic E-state index is 0.193. The van der Waals surface area contributed by atoms with Crippen LogP contribution < -0.4 is 11.0 Å². The van der Waals surface area contributed by atoms with E-state index in [0.29, 0.717) is 5.89 Å². The summed E-state index contributed by atoms with van der Waals surface area (Å²) in [6, 6.07) is 6.74. The summed E-state index contributed by atoms with van der Waals surface area (Å²) in [6.07, 6.45) is 2.08. The molecule has 1 amide bonds. The van der Waals surface area contributed by atoms with Crippen LogP contribution in [0.3, 0.4) is 0 Å². The molecule has 36 heavy (non-hydrogen) atoms. The van der Waals surface area contributed by atoms with Crippen molar-refractivity contribution in [2.24, 2.45) is 5.92 Å². The van der Waals surface area contributed by atoms with Gasteiger partial charge in [0, 0.05) is 28.9 Å². The number of Topliss-reactive ketones (excluding diaryl/α,β-unsaturated/α-hetero) is 1. The van der Waals surface area contributed by atoms with Gasteiger partial charge in [0.15, 0.2) is 0 Å². The molecule has 0 saturated heterocycles. The van der Waals surface area contributed by atoms with Gasteiger partial charge >= 0.3 is 5.69 Å². The smallest absolute Gasteiger partial charge is 0.329 e. The maximum absolute atomic E-state index is 13.0. The SMILES string of the molecule is CC(C)[C@H](NC(=O)Cn1c(O)c(Cc2c[nH]c3ccccc23)[nH]c1=O)C(=O)c1nnc(C(C)(C)C)o1. The lowest BCUT2D eigenvalue weighted by atomic mass is 9.97. The normalized spacial score (nSPS) is 12.8. The number of nitrogens with zero attached hydrogens (tertiary/aromatic N) is 3. The summed E-state index contributed by atoms with van der Waals surface area (Å²) in [5.74, 6) is -1.65. The van der Waals surface area contributed by atoms with Gasteiger partial charge in [0.1, 0.15) is 6.54 Å². The number of para-hydroxylation sites is 1. The number of amides is 1. The number of rotatable bonds is 8. The molecule has 0 aliphatic carbocycles. The van der Waals surface area contributed by atoms with E-state index in [-0.39, 0.29) is 29.8 Å². The molecule has 11 nitrogen and oxygen atoms in total. The topological polar surface area (TPSA) is 159 Å². The molecule has 3 heterocycles. The van der Waals surface area contributed by atoms with Crippen molar-refractivity contribution in [2.75, 3.05) is 0 Å². The Balaban J connectivity index is 1.49. The number of carbonyl (C=O) groups is 2. The molecule has 0 aliphatic heterocycles. The van der Waals surface area contributed by atoms with Gasteiger partial charge in [0.2, 0.25) is 23.5 Å². The molecule has 4 aromatic rings. The Kier molecular flexibility index (Phi) is 6.57. The zero-order valence-corrected chi connectivity index (χ0v) is 20.9. The van der Waals surface area contributed by atoms with Gasteiger partial charge in [-0.05, 0) is 17.5 Å². The molecule has 4 N–H and O–H groups in total. The van der Waals surface area contributed by atoms with Crippen LogP contribution in [0.1, 0.15) is 62.5 Å². The Morgan fingerprint density at radius 3 is 2.58 bits per heavy atom. The Morgan fingerprint density at radius 2 is 1.92 bits per heavy atom. The quantitative estimate of drug-likeness (QED) is 0.274. The van der Waals surface area contributed by atoms with E-state index in [2.05, 4.69) is 25.5 Å². The maximum atomic E-state index is 13.0. The molecule has 3 aromatic heterocycles. The molecule has 11 heteroatoms. The minimum Gasteiger partial charge on any atom is -0.493 e. The van der Waals surface area contributed by atoms with E-state index in [9.17, 15) is 19.5 Å². The third-order valence-corrected chi connectivity index (χ3v) is 5.92. The lowest BCUT2D eigenvalue weighted by Crippen LogP contribution is -2.46. The van der Waals surface area contributed by atoms with Crippen molar-refractivity contribution >= 4 is 22.6 Å². The zero-order valence-electron chi connectivity index (χ0n) is 20.9. The molecule has 0 unspecified atom stereocenters. The fourth-order valence-corrected chi connectivity index (χ4v) is 3.91. The molecule has 4 rings (SSSR count). The van der Waals surface area contributed by atoms with Crippen molar-refractivity contribution in [3.63, 3.8) is 0 Å². The van der Waals surface area contributed by atoms with Gasteiger partial charge in [0.25, 0.3) is 5.89 Å². The van der Waals surface area contributed by atoms with Crippen molar-refractivity contribution in [2.45, 2.75) is 59.0 Å². The predicted octanol–water partition coefficient (Wildman–Crippen LogP) is 2.66. The first-order valence-electron chi connectivity index (χ1n) is 11.7. The van der Waals surface area contributed by atoms with E-state index >= 15 is 0 Å². The van der Waals surface area contributed by atoms with E-state index in [4.69, 9.17) is 4.42 Å². The lowest BCUT2D eigenvalue weighted by molar-refractivity contribution is -0.122. The summed E-state index contributed by atoms with van der Waals surface area (Å²) in [6.45, 7) is 8.70. The molecule has 0 saturated carbocycles. The average Bonchev–Trinajstić information content (AvgIpc) is 3.52. The van der Waals surface area contributed by atoms with E-state index in [1.165, 1.54) is 0 Å². The molecular weight excluding hydrogens is 464 g/mol. The maximum Gasteiger partial charge on any atom is 0.329 e. The molecule has 0 aliphatic rings. The Labute approximate surface area is 206 Å². The third-order valence-electron chi connectivity index (χ3n) is 5.92. The molecule has 190 valence electrons. The largest absolute Gasteiger partial charge is 0.493 e. The van der Waals surface area contributed by atoms with Crippen LogP contribution in [0.4, 0.5) is 0 Å². The van der Waals surface area contributed by atoms with Gasteiger partial charge in [-0.15, -0.1) is 10.2 Å². The first-order valence-corrected chi connectivity index (χ1v) is 11.7. The van der Waals surface area contributed by atoms with Crippen LogP contribution in [-0.4, -0.2) is 47.6 Å². The summed E-state index contributed by atoms with van der Waals surface area (Å²) >= 11 is 0. The molecule has 1 aromatic carbocycles. The highest BCUT2D eigenvalue weighted by Crippen LogP contribution is 2.24. The standard InChI is InChI=1S/C25H30N6O5/c1-13(2)19(20(33)21-29-30-23(36-21)25(3,4)5)28-18(32)12-31-22(34)17(27-24(31)35)10-14-11-26-16-9-7-6-8-15(14)16/h6-9,11,13,19,26,34H,10,12H2,1-5H3,(H,27,35)(H,28,32)/t19-/m0/s1. The zero-order chi connectivity index (χ0) is 26.2. The second kappa shape index (κ2) is 9.48. The van der Waals surface area contributed by atoms with Crippen LogP contribution in [0.2, 0.25) is 0 Å². The summed E-state index contributed by atoms with van der Waals surface area (Å²) in [5.41, 5.74) is 1.05. The van der Waals surface area contributed by atoms with Crippen molar-refractivity contribution in [1.29, 1.82) is 0 Å². The Morgan fingerprint density at radius 1 is 1.19 bits per heavy atom. The second-order valence-corrected chi connectivity index (χ2v) is 10.2. The van der Waals surface area contributed by atoms with Crippen molar-refractivity contribution < 1.29 is 19.1 Å². The van der Waals surface area contributed by atoms with Crippen LogP contribution >= 0.6 is 0 Å². The van der Waals surface area contributed by atoms with Crippen molar-refractivity contribution in [3.05, 3.63) is 64.0 Å². The fourth-order valence-electron chi connectivity index (χ4n) is 3.91. The Hall–Kier alpha value is -4.15. The van der Waals surface area contributed by atoms with Gasteiger partial charge in [-0.25, -0.2) is 4.79 Å². The number of hydrogen-bond acceptors (Lipinski definition) is 7. The van der Waals surface area contributed by atoms with E-state index in [0.717, 1.165) is 21.0 Å². The van der Waals surface area contributed by atoms with Crippen LogP contribution in [0.5, 0.6) is 5.88 Å². The highest BCUT2D eigenvalue weighted by molar-refractivity contribution is 5.98. The number of ketones is 1. The number of carbonyl (C=O) groups excluding carboxylic acids is 2. The number of imidazole rings is 1. The van der Waals surface area contributed by atoms with Gasteiger partial charge in [-0.3, -0.25) is 14.2 Å². The van der Waals surface area contributed by atoms with Crippen molar-refractivity contribution in [1.82, 2.24) is 30.0 Å². The van der Waals surface area contributed by atoms with Crippen LogP contribution in [-0.2, 0) is 23.2 Å². The molecule has 1 atom stereocenters. The molecular formula is C25H30N6O5. The number of aromatic nitrogens is 5. The molecule has 0 bridgehead atoms. The van der Waals surface area contributed by atoms with E-state index < -0.39 is 35.4 Å². The average molecular weight is 495 g/mol. The first kappa shape index (κ1) is 25.0. The van der Waals surface area contributed by atoms with Gasteiger partial charge in [-0.1, -0.05) is 52.8 Å². The number of H-pyrrole nitrogens is 2. The predicted molar refractivity (Wildman–Crippen MR) is 132 cm³/mol. The number of aromatic hydroxyl groups is 1. The lowest BCUT2D eigenvalue weighted by Gasteiger charge is -2.19. The van der Waals surface area contributed by atoms with Crippen LogP contribution in [0.25, 0.3) is 10.9 Å². The summed E-state index contributed by atoms with van der Waals surface area (Å²) in [5, 5.41) is 22.1. The first-order chi connectivity index (χ1) is 17.0. The van der Waals surface area contributed by atoms with Crippen LogP contribution in [0, 0.1) is 5.92 Å². The highest BCUT2D eigenvalue weighted by Gasteiger charge is 2.31. The number of benzene rings is 1. The van der Waals surface area contributed by atoms with Crippen molar-refractivity contribution in [3.8, 4) is 5.88 Å². The van der Waals surface area contributed by atoms with Crippen LogP contribution in [0.15, 0.2) is 39.7 Å². The number of nitrogens with one attached hydrogen (secondary N) is 3. The summed E-state index contributed by atoms with van der Waals surface area (Å²) in [7, 11) is 0. The number of hydrogen-bond donors (Lipinski definition) is 4. The van der Waals surface area contributed by atoms with E-state index in [1.807, 2.05) is 51.2 Å². The number of fused-ring (bicyclic) bond motifs is 1. The monoisotopic (exact) mass is 494 g/mol. The summed E-state index contributed by atoms with van der Waals surface area (Å²) in [4.78, 5) is 44.1. The number of aromatic amines is 2. The molecule has 0 spiro atoms. The third kappa shape index (κ3) is 4.95.